The third-order valence-corrected chi connectivity index (χ3v) is 0.998. The highest BCUT2D eigenvalue weighted by Crippen LogP contribution is 1.66. The predicted molar refractivity (Wildman–Crippen MR) is 43.4 cm³/mol. The number of nitrogens with two attached hydrogens (primary N) is 2. The van der Waals surface area contributed by atoms with E-state index >= 15 is 0 Å². The smallest absolute Gasteiger partial charge is 0.0577 e. The largest absolute Gasteiger partial charge is 0.330 e. The predicted octanol–water partition coefficient (Wildman–Crippen LogP) is -1.11. The van der Waals surface area contributed by atoms with E-state index in [0.717, 1.165) is 26.1 Å². The number of rotatable bonds is 4. The van der Waals surface area contributed by atoms with Gasteiger partial charge in [0, 0.05) is 0 Å². The van der Waals surface area contributed by atoms with Crippen LogP contribution in [-0.4, -0.2) is 26.2 Å². The first-order valence-corrected chi connectivity index (χ1v) is 3.48. The molecule has 0 bridgehead atoms. The van der Waals surface area contributed by atoms with Gasteiger partial charge < -0.3 is 16.8 Å². The average molecular weight is 141 g/mol. The maximum atomic E-state index is 5.27. The lowest BCUT2D eigenvalue weighted by Gasteiger charge is -1.95. The molecular weight excluding hydrogens is 126 g/mol. The molecule has 5 N–H and O–H groups in total. The Morgan fingerprint density at radius 2 is 2.00 bits per heavy atom. The van der Waals surface area contributed by atoms with Crippen molar-refractivity contribution in [1.82, 2.24) is 5.32 Å². The zero-order valence-electron chi connectivity index (χ0n) is 6.19. The summed E-state index contributed by atoms with van der Waals surface area (Å²) in [7, 11) is 0. The molecule has 0 unspecified atom stereocenters. The SMILES string of the molecule is NCC#CCNCCCN. The molecule has 0 saturated carbocycles. The molecule has 0 amide bonds. The van der Waals surface area contributed by atoms with Gasteiger partial charge in [-0.3, -0.25) is 0 Å². The van der Waals surface area contributed by atoms with Crippen LogP contribution in [0.2, 0.25) is 0 Å². The Bertz CT molecular complexity index is 112. The van der Waals surface area contributed by atoms with Crippen LogP contribution >= 0.6 is 0 Å². The normalized spacial score (nSPS) is 8.60. The number of hydrogen-bond donors (Lipinski definition) is 3. The second kappa shape index (κ2) is 8.44. The maximum absolute atomic E-state index is 5.27. The highest BCUT2D eigenvalue weighted by molar-refractivity contribution is 5.01. The first-order valence-electron chi connectivity index (χ1n) is 3.48. The summed E-state index contributed by atoms with van der Waals surface area (Å²) in [5.41, 5.74) is 10.4. The van der Waals surface area contributed by atoms with Gasteiger partial charge in [0.05, 0.1) is 13.1 Å². The quantitative estimate of drug-likeness (QED) is 0.343. The highest BCUT2D eigenvalue weighted by atomic mass is 14.8. The molecule has 0 aliphatic heterocycles. The maximum Gasteiger partial charge on any atom is 0.0577 e. The Balaban J connectivity index is 2.90. The lowest BCUT2D eigenvalue weighted by molar-refractivity contribution is 0.706. The van der Waals surface area contributed by atoms with E-state index in [1.807, 2.05) is 0 Å². The van der Waals surface area contributed by atoms with Gasteiger partial charge >= 0.3 is 0 Å². The molecule has 0 heterocycles. The molecule has 0 aromatic heterocycles. The molecule has 0 rings (SSSR count). The van der Waals surface area contributed by atoms with E-state index in [2.05, 4.69) is 17.2 Å². The summed E-state index contributed by atoms with van der Waals surface area (Å²) in [6, 6.07) is 0. The molecule has 3 nitrogen and oxygen atoms in total. The molecule has 0 saturated heterocycles. The summed E-state index contributed by atoms with van der Waals surface area (Å²) in [4.78, 5) is 0. The van der Waals surface area contributed by atoms with Crippen molar-refractivity contribution in [2.45, 2.75) is 6.42 Å². The summed E-state index contributed by atoms with van der Waals surface area (Å²) in [5, 5.41) is 3.11. The second-order valence-electron chi connectivity index (χ2n) is 1.88. The zero-order valence-corrected chi connectivity index (χ0v) is 6.19. The van der Waals surface area contributed by atoms with E-state index in [0.29, 0.717) is 6.54 Å². The molecule has 0 aromatic carbocycles. The third kappa shape index (κ3) is 7.44. The fourth-order valence-electron chi connectivity index (χ4n) is 0.513. The molecule has 3 heteroatoms. The lowest BCUT2D eigenvalue weighted by atomic mass is 10.4. The minimum absolute atomic E-state index is 0.443. The van der Waals surface area contributed by atoms with Crippen molar-refractivity contribution in [2.24, 2.45) is 11.5 Å². The van der Waals surface area contributed by atoms with Crippen molar-refractivity contribution in [3.8, 4) is 11.8 Å². The Morgan fingerprint density at radius 3 is 2.60 bits per heavy atom. The van der Waals surface area contributed by atoms with Crippen molar-refractivity contribution in [3.63, 3.8) is 0 Å². The van der Waals surface area contributed by atoms with Gasteiger partial charge in [-0.2, -0.15) is 0 Å². The van der Waals surface area contributed by atoms with Crippen molar-refractivity contribution >= 4 is 0 Å². The lowest BCUT2D eigenvalue weighted by Crippen LogP contribution is -2.18. The fraction of sp³-hybridized carbons (Fsp3) is 0.714. The van der Waals surface area contributed by atoms with Crippen LogP contribution in [0.3, 0.4) is 0 Å². The highest BCUT2D eigenvalue weighted by Gasteiger charge is 1.79. The summed E-state index contributed by atoms with van der Waals surface area (Å²) < 4.78 is 0. The minimum Gasteiger partial charge on any atom is -0.330 e. The summed E-state index contributed by atoms with van der Waals surface area (Å²) >= 11 is 0. The average Bonchev–Trinajstić information content (AvgIpc) is 1.97. The first-order chi connectivity index (χ1) is 4.91. The van der Waals surface area contributed by atoms with Crippen molar-refractivity contribution in [2.75, 3.05) is 26.2 Å². The van der Waals surface area contributed by atoms with Gasteiger partial charge in [0.15, 0.2) is 0 Å². The molecule has 0 atom stereocenters. The van der Waals surface area contributed by atoms with Crippen LogP contribution in [0.5, 0.6) is 0 Å². The van der Waals surface area contributed by atoms with Crippen LogP contribution in [0.1, 0.15) is 6.42 Å². The molecular formula is C7H15N3. The van der Waals surface area contributed by atoms with Crippen LogP contribution in [0.15, 0.2) is 0 Å². The molecule has 0 aliphatic carbocycles. The topological polar surface area (TPSA) is 64.1 Å². The van der Waals surface area contributed by atoms with Gasteiger partial charge in [-0.25, -0.2) is 0 Å². The van der Waals surface area contributed by atoms with E-state index in [1.54, 1.807) is 0 Å². The van der Waals surface area contributed by atoms with Crippen LogP contribution in [0.4, 0.5) is 0 Å². The van der Waals surface area contributed by atoms with Gasteiger partial charge in [-0.15, -0.1) is 0 Å². The summed E-state index contributed by atoms with van der Waals surface area (Å²) in [6.45, 7) is 2.84. The Labute approximate surface area is 62.2 Å². The molecule has 0 aromatic rings. The van der Waals surface area contributed by atoms with E-state index in [9.17, 15) is 0 Å². The number of hydrogen-bond acceptors (Lipinski definition) is 3. The fourth-order valence-corrected chi connectivity index (χ4v) is 0.513. The molecule has 10 heavy (non-hydrogen) atoms. The van der Waals surface area contributed by atoms with Crippen LogP contribution in [0.25, 0.3) is 0 Å². The van der Waals surface area contributed by atoms with E-state index in [1.165, 1.54) is 0 Å². The van der Waals surface area contributed by atoms with Crippen molar-refractivity contribution in [1.29, 1.82) is 0 Å². The molecule has 0 radical (unpaired) electrons. The van der Waals surface area contributed by atoms with Crippen LogP contribution < -0.4 is 16.8 Å². The van der Waals surface area contributed by atoms with Crippen LogP contribution in [0, 0.1) is 11.8 Å². The number of nitrogens with one attached hydrogen (secondary N) is 1. The Hall–Kier alpha value is -0.560. The molecule has 0 spiro atoms. The van der Waals surface area contributed by atoms with Crippen LogP contribution in [-0.2, 0) is 0 Å². The zero-order chi connectivity index (χ0) is 7.66. The monoisotopic (exact) mass is 141 g/mol. The third-order valence-electron chi connectivity index (χ3n) is 0.998. The van der Waals surface area contributed by atoms with E-state index in [4.69, 9.17) is 11.5 Å². The molecule has 58 valence electrons. The Kier molecular flexibility index (Phi) is 7.97. The summed E-state index contributed by atoms with van der Waals surface area (Å²) in [5.74, 6) is 5.63. The summed E-state index contributed by atoms with van der Waals surface area (Å²) in [6.07, 6.45) is 1.00. The van der Waals surface area contributed by atoms with Gasteiger partial charge in [0.25, 0.3) is 0 Å². The van der Waals surface area contributed by atoms with Gasteiger partial charge in [0.1, 0.15) is 0 Å². The Morgan fingerprint density at radius 1 is 1.20 bits per heavy atom. The van der Waals surface area contributed by atoms with Gasteiger partial charge in [0.2, 0.25) is 0 Å². The second-order valence-corrected chi connectivity index (χ2v) is 1.88. The van der Waals surface area contributed by atoms with Crippen molar-refractivity contribution in [3.05, 3.63) is 0 Å². The van der Waals surface area contributed by atoms with E-state index in [-0.39, 0.29) is 0 Å². The van der Waals surface area contributed by atoms with Crippen molar-refractivity contribution < 1.29 is 0 Å². The molecule has 0 aliphatic rings. The minimum atomic E-state index is 0.443. The van der Waals surface area contributed by atoms with Gasteiger partial charge in [-0.05, 0) is 19.5 Å². The standard InChI is InChI=1S/C7H15N3/c8-4-1-2-6-10-7-3-5-9/h10H,3-9H2. The van der Waals surface area contributed by atoms with Gasteiger partial charge in [-0.1, -0.05) is 11.8 Å². The van der Waals surface area contributed by atoms with E-state index < -0.39 is 0 Å². The first kappa shape index (κ1) is 9.44. The molecule has 0 fully saturated rings.